The zero-order valence-corrected chi connectivity index (χ0v) is 14.8. The number of rotatable bonds is 7. The molecule has 0 radical (unpaired) electrons. The van der Waals surface area contributed by atoms with E-state index in [1.54, 1.807) is 6.07 Å². The summed E-state index contributed by atoms with van der Waals surface area (Å²) in [7, 11) is -3.98. The molecular formula is C16H15F3N2O5S. The third-order valence-electron chi connectivity index (χ3n) is 3.28. The molecule has 1 N–H and O–H groups in total. The van der Waals surface area contributed by atoms with Crippen LogP contribution in [0.15, 0.2) is 47.5 Å². The van der Waals surface area contributed by atoms with Gasteiger partial charge in [0, 0.05) is 18.9 Å². The number of carbonyl (C=O) groups excluding carboxylic acids is 1. The number of benzene rings is 1. The van der Waals surface area contributed by atoms with E-state index < -0.39 is 26.1 Å². The van der Waals surface area contributed by atoms with Gasteiger partial charge in [0.15, 0.2) is 0 Å². The van der Waals surface area contributed by atoms with Crippen LogP contribution in [0.2, 0.25) is 0 Å². The van der Waals surface area contributed by atoms with E-state index >= 15 is 0 Å². The van der Waals surface area contributed by atoms with Gasteiger partial charge in [0.05, 0.1) is 11.5 Å². The number of nitrogens with zero attached hydrogens (tertiary/aromatic N) is 1. The second-order valence-corrected chi connectivity index (χ2v) is 7.07. The molecule has 27 heavy (non-hydrogen) atoms. The molecular weight excluding hydrogens is 389 g/mol. The molecule has 1 aromatic carbocycles. The number of hydrogen-bond acceptors (Lipinski definition) is 6. The largest absolute Gasteiger partial charge is 0.501 e. The summed E-state index contributed by atoms with van der Waals surface area (Å²) in [5.74, 6) is -0.533. The van der Waals surface area contributed by atoms with Gasteiger partial charge in [-0.3, -0.25) is 4.79 Å². The van der Waals surface area contributed by atoms with Crippen LogP contribution in [-0.2, 0) is 14.6 Å². The topological polar surface area (TPSA) is 94.6 Å². The Hall–Kier alpha value is -2.66. The number of carbonyl (C=O) groups is 1. The van der Waals surface area contributed by atoms with Crippen LogP contribution in [0.4, 0.5) is 18.9 Å². The number of ether oxygens (including phenoxy) is 2. The van der Waals surface area contributed by atoms with E-state index in [0.717, 1.165) is 24.3 Å². The molecule has 2 rings (SSSR count). The second kappa shape index (κ2) is 8.35. The summed E-state index contributed by atoms with van der Waals surface area (Å²) in [4.78, 5) is 15.3. The molecule has 0 saturated carbocycles. The van der Waals surface area contributed by atoms with Gasteiger partial charge in [0.25, 0.3) is 15.7 Å². The lowest BCUT2D eigenvalue weighted by molar-refractivity contribution is -0.0436. The maximum absolute atomic E-state index is 12.5. The molecule has 0 aliphatic heterocycles. The lowest BCUT2D eigenvalue weighted by Crippen LogP contribution is -2.23. The van der Waals surface area contributed by atoms with Crippen molar-refractivity contribution in [3.63, 3.8) is 0 Å². The Balaban J connectivity index is 2.16. The molecule has 1 amide bonds. The first-order valence-electron chi connectivity index (χ1n) is 7.46. The average molecular weight is 404 g/mol. The standard InChI is InChI=1S/C16H15F3N2O5S/c1-25-9-10-26-15-13(3-2-8-20-15)21-14(22)11-4-6-12(7-5-11)27(23,24)16(17,18)19/h2-8H,9-10H2,1H3,(H,21,22). The monoisotopic (exact) mass is 404 g/mol. The Morgan fingerprint density at radius 2 is 1.81 bits per heavy atom. The van der Waals surface area contributed by atoms with Gasteiger partial charge in [-0.25, -0.2) is 13.4 Å². The van der Waals surface area contributed by atoms with Crippen molar-refractivity contribution < 1.29 is 35.9 Å². The Bertz CT molecular complexity index is 899. The summed E-state index contributed by atoms with van der Waals surface area (Å²) in [6.07, 6.45) is 1.45. The molecule has 0 spiro atoms. The third kappa shape index (κ3) is 4.95. The van der Waals surface area contributed by atoms with Gasteiger partial charge in [-0.1, -0.05) is 0 Å². The average Bonchev–Trinajstić information content (AvgIpc) is 2.62. The van der Waals surface area contributed by atoms with Gasteiger partial charge < -0.3 is 14.8 Å². The lowest BCUT2D eigenvalue weighted by atomic mass is 10.2. The van der Waals surface area contributed by atoms with E-state index in [0.29, 0.717) is 6.61 Å². The highest BCUT2D eigenvalue weighted by Gasteiger charge is 2.46. The minimum Gasteiger partial charge on any atom is -0.474 e. The summed E-state index contributed by atoms with van der Waals surface area (Å²) < 4.78 is 70.5. The zero-order valence-electron chi connectivity index (χ0n) is 14.0. The van der Waals surface area contributed by atoms with Crippen molar-refractivity contribution >= 4 is 21.4 Å². The number of methoxy groups -OCH3 is 1. The number of alkyl halides is 3. The van der Waals surface area contributed by atoms with Crippen LogP contribution in [0.5, 0.6) is 5.88 Å². The Kier molecular flexibility index (Phi) is 6.39. The van der Waals surface area contributed by atoms with Gasteiger partial charge in [0.1, 0.15) is 12.3 Å². The van der Waals surface area contributed by atoms with Crippen LogP contribution in [0.25, 0.3) is 0 Å². The van der Waals surface area contributed by atoms with Crippen molar-refractivity contribution in [1.82, 2.24) is 4.98 Å². The van der Waals surface area contributed by atoms with E-state index in [1.165, 1.54) is 19.4 Å². The summed E-state index contributed by atoms with van der Waals surface area (Å²) >= 11 is 0. The fraction of sp³-hybridized carbons (Fsp3) is 0.250. The van der Waals surface area contributed by atoms with Gasteiger partial charge >= 0.3 is 5.51 Å². The number of amides is 1. The van der Waals surface area contributed by atoms with E-state index in [-0.39, 0.29) is 23.7 Å². The first-order valence-corrected chi connectivity index (χ1v) is 8.94. The van der Waals surface area contributed by atoms with Crippen LogP contribution in [0.3, 0.4) is 0 Å². The van der Waals surface area contributed by atoms with Gasteiger partial charge in [0.2, 0.25) is 5.88 Å². The predicted octanol–water partition coefficient (Wildman–Crippen LogP) is 2.65. The summed E-state index contributed by atoms with van der Waals surface area (Å²) in [6, 6.07) is 6.48. The maximum atomic E-state index is 12.5. The SMILES string of the molecule is COCCOc1ncccc1NC(=O)c1ccc(S(=O)(=O)C(F)(F)F)cc1. The first-order chi connectivity index (χ1) is 12.7. The van der Waals surface area contributed by atoms with Crippen molar-refractivity contribution in [3.05, 3.63) is 48.2 Å². The number of hydrogen-bond donors (Lipinski definition) is 1. The second-order valence-electron chi connectivity index (χ2n) is 5.13. The molecule has 0 aliphatic carbocycles. The first kappa shape index (κ1) is 20.6. The van der Waals surface area contributed by atoms with Crippen molar-refractivity contribution in [3.8, 4) is 5.88 Å². The fourth-order valence-corrected chi connectivity index (χ4v) is 2.70. The maximum Gasteiger partial charge on any atom is 0.501 e. The van der Waals surface area contributed by atoms with Crippen molar-refractivity contribution in [2.75, 3.05) is 25.6 Å². The summed E-state index contributed by atoms with van der Waals surface area (Å²) in [5, 5.41) is 2.50. The van der Waals surface area contributed by atoms with Crippen LogP contribution >= 0.6 is 0 Å². The number of halogens is 3. The van der Waals surface area contributed by atoms with E-state index in [9.17, 15) is 26.4 Å². The summed E-state index contributed by atoms with van der Waals surface area (Å²) in [5.41, 5.74) is -5.21. The molecule has 1 aromatic heterocycles. The van der Waals surface area contributed by atoms with Crippen molar-refractivity contribution in [2.45, 2.75) is 10.4 Å². The molecule has 0 atom stereocenters. The molecule has 0 fully saturated rings. The lowest BCUT2D eigenvalue weighted by Gasteiger charge is -2.11. The number of aromatic nitrogens is 1. The number of sulfone groups is 1. The smallest absolute Gasteiger partial charge is 0.474 e. The Morgan fingerprint density at radius 1 is 1.15 bits per heavy atom. The van der Waals surface area contributed by atoms with E-state index in [2.05, 4.69) is 10.3 Å². The Labute approximate surface area is 153 Å². The molecule has 0 aliphatic rings. The molecule has 11 heteroatoms. The molecule has 146 valence electrons. The highest BCUT2D eigenvalue weighted by atomic mass is 32.2. The van der Waals surface area contributed by atoms with Crippen LogP contribution in [0.1, 0.15) is 10.4 Å². The van der Waals surface area contributed by atoms with Gasteiger partial charge in [-0.2, -0.15) is 13.2 Å². The minimum atomic E-state index is -5.47. The molecule has 0 unspecified atom stereocenters. The minimum absolute atomic E-state index is 0.0391. The Morgan fingerprint density at radius 3 is 2.41 bits per heavy atom. The molecule has 0 saturated heterocycles. The molecule has 1 heterocycles. The predicted molar refractivity (Wildman–Crippen MR) is 89.2 cm³/mol. The van der Waals surface area contributed by atoms with Gasteiger partial charge in [-0.05, 0) is 36.4 Å². The highest BCUT2D eigenvalue weighted by Crippen LogP contribution is 2.30. The highest BCUT2D eigenvalue weighted by molar-refractivity contribution is 7.92. The van der Waals surface area contributed by atoms with Crippen molar-refractivity contribution in [2.24, 2.45) is 0 Å². The number of anilines is 1. The zero-order chi connectivity index (χ0) is 20.1. The van der Waals surface area contributed by atoms with E-state index in [4.69, 9.17) is 9.47 Å². The van der Waals surface area contributed by atoms with Gasteiger partial charge in [-0.15, -0.1) is 0 Å². The molecule has 2 aromatic rings. The number of pyridine rings is 1. The molecule has 7 nitrogen and oxygen atoms in total. The third-order valence-corrected chi connectivity index (χ3v) is 4.78. The molecule has 0 bridgehead atoms. The van der Waals surface area contributed by atoms with Crippen LogP contribution in [-0.4, -0.2) is 45.1 Å². The normalized spacial score (nSPS) is 11.9. The van der Waals surface area contributed by atoms with Crippen molar-refractivity contribution in [1.29, 1.82) is 0 Å². The van der Waals surface area contributed by atoms with Crippen LogP contribution < -0.4 is 10.1 Å². The number of nitrogens with one attached hydrogen (secondary N) is 1. The van der Waals surface area contributed by atoms with E-state index in [1.807, 2.05) is 0 Å². The summed E-state index contributed by atoms with van der Waals surface area (Å²) in [6.45, 7) is 0.499. The fourth-order valence-electron chi connectivity index (χ4n) is 1.94. The van der Waals surface area contributed by atoms with Crippen LogP contribution in [0, 0.1) is 0 Å². The quantitative estimate of drug-likeness (QED) is 0.713.